The van der Waals surface area contributed by atoms with Crippen molar-refractivity contribution in [1.82, 2.24) is 10.2 Å². The Balaban J connectivity index is 2.52. The van der Waals surface area contributed by atoms with Gasteiger partial charge in [0.1, 0.15) is 5.69 Å². The van der Waals surface area contributed by atoms with Crippen molar-refractivity contribution in [1.29, 1.82) is 0 Å². The number of halogens is 1. The van der Waals surface area contributed by atoms with E-state index >= 15 is 0 Å². The Bertz CT molecular complexity index is 432. The fraction of sp³-hybridized carbons (Fsp3) is 0.125. The van der Waals surface area contributed by atoms with Crippen LogP contribution in [0.4, 0.5) is 10.2 Å². The van der Waals surface area contributed by atoms with Gasteiger partial charge in [0, 0.05) is 4.88 Å². The molecule has 0 bridgehead atoms. The first-order valence-corrected chi connectivity index (χ1v) is 4.56. The topological polar surface area (TPSA) is 54.7 Å². The first-order valence-electron chi connectivity index (χ1n) is 3.74. The van der Waals surface area contributed by atoms with Gasteiger partial charge in [0.05, 0.1) is 4.88 Å². The molecule has 2 aromatic rings. The van der Waals surface area contributed by atoms with Crippen LogP contribution >= 0.6 is 11.3 Å². The first-order chi connectivity index (χ1) is 6.18. The van der Waals surface area contributed by atoms with Crippen LogP contribution in [0.25, 0.3) is 10.6 Å². The summed E-state index contributed by atoms with van der Waals surface area (Å²) in [5.74, 6) is -0.553. The highest BCUT2D eigenvalue weighted by molar-refractivity contribution is 7.15. The second-order valence-electron chi connectivity index (χ2n) is 2.71. The maximum Gasteiger partial charge on any atom is 0.193 e. The van der Waals surface area contributed by atoms with Gasteiger partial charge in [-0.2, -0.15) is 5.10 Å². The number of thiophene rings is 1. The van der Waals surface area contributed by atoms with E-state index in [9.17, 15) is 4.39 Å². The molecule has 0 unspecified atom stereocenters. The summed E-state index contributed by atoms with van der Waals surface area (Å²) >= 11 is 1.50. The van der Waals surface area contributed by atoms with E-state index in [0.717, 1.165) is 9.75 Å². The van der Waals surface area contributed by atoms with Gasteiger partial charge >= 0.3 is 0 Å². The number of nitrogen functional groups attached to an aromatic ring is 1. The smallest absolute Gasteiger partial charge is 0.193 e. The normalized spacial score (nSPS) is 10.6. The molecule has 3 nitrogen and oxygen atoms in total. The molecular weight excluding hydrogens is 189 g/mol. The van der Waals surface area contributed by atoms with Crippen molar-refractivity contribution in [3.05, 3.63) is 22.8 Å². The lowest BCUT2D eigenvalue weighted by molar-refractivity contribution is 0.637. The summed E-state index contributed by atoms with van der Waals surface area (Å²) in [7, 11) is 0. The van der Waals surface area contributed by atoms with Crippen LogP contribution in [0, 0.1) is 12.7 Å². The molecule has 0 aromatic carbocycles. The number of nitrogens with one attached hydrogen (secondary N) is 1. The lowest BCUT2D eigenvalue weighted by atomic mass is 10.3. The average Bonchev–Trinajstić information content (AvgIpc) is 2.62. The largest absolute Gasteiger partial charge is 0.380 e. The fourth-order valence-corrected chi connectivity index (χ4v) is 1.93. The van der Waals surface area contributed by atoms with Gasteiger partial charge in [-0.25, -0.2) is 4.39 Å². The number of H-pyrrole nitrogens is 1. The van der Waals surface area contributed by atoms with E-state index in [1.54, 1.807) is 0 Å². The Morgan fingerprint density at radius 3 is 2.77 bits per heavy atom. The standard InChI is InChI=1S/C8H8FN3S/c1-4-2-3-5(13-4)7-6(9)8(10)12-11-7/h2-3H,1H3,(H3,10,11,12). The molecule has 2 heterocycles. The van der Waals surface area contributed by atoms with Crippen LogP contribution in [-0.4, -0.2) is 10.2 Å². The van der Waals surface area contributed by atoms with E-state index < -0.39 is 5.82 Å². The van der Waals surface area contributed by atoms with Crippen LogP contribution in [0.1, 0.15) is 4.88 Å². The van der Waals surface area contributed by atoms with E-state index in [1.807, 2.05) is 19.1 Å². The lowest BCUT2D eigenvalue weighted by Gasteiger charge is -1.89. The zero-order valence-electron chi connectivity index (χ0n) is 6.97. The molecule has 2 aromatic heterocycles. The minimum absolute atomic E-state index is 0.0824. The molecule has 13 heavy (non-hydrogen) atoms. The summed E-state index contributed by atoms with van der Waals surface area (Å²) in [5, 5.41) is 6.15. The molecule has 68 valence electrons. The molecule has 0 fully saturated rings. The van der Waals surface area contributed by atoms with Gasteiger partial charge in [-0.3, -0.25) is 5.10 Å². The van der Waals surface area contributed by atoms with Crippen molar-refractivity contribution in [2.75, 3.05) is 5.73 Å². The van der Waals surface area contributed by atoms with E-state index in [1.165, 1.54) is 11.3 Å². The molecule has 0 aliphatic heterocycles. The first kappa shape index (κ1) is 8.25. The number of hydrogen-bond donors (Lipinski definition) is 2. The number of rotatable bonds is 1. The zero-order chi connectivity index (χ0) is 9.42. The zero-order valence-corrected chi connectivity index (χ0v) is 7.78. The predicted molar refractivity (Wildman–Crippen MR) is 51.0 cm³/mol. The number of aromatic amines is 1. The van der Waals surface area contributed by atoms with E-state index in [-0.39, 0.29) is 5.82 Å². The van der Waals surface area contributed by atoms with Crippen molar-refractivity contribution in [3.8, 4) is 10.6 Å². The van der Waals surface area contributed by atoms with Crippen molar-refractivity contribution < 1.29 is 4.39 Å². The minimum atomic E-state index is -0.471. The van der Waals surface area contributed by atoms with Crippen LogP contribution in [0.2, 0.25) is 0 Å². The Labute approximate surface area is 78.4 Å². The van der Waals surface area contributed by atoms with Gasteiger partial charge in [-0.15, -0.1) is 11.3 Å². The van der Waals surface area contributed by atoms with Gasteiger partial charge in [0.2, 0.25) is 0 Å². The molecular formula is C8H8FN3S. The number of aryl methyl sites for hydroxylation is 1. The van der Waals surface area contributed by atoms with Gasteiger partial charge < -0.3 is 5.73 Å². The molecule has 0 atom stereocenters. The third kappa shape index (κ3) is 1.31. The lowest BCUT2D eigenvalue weighted by Crippen LogP contribution is -1.86. The highest BCUT2D eigenvalue weighted by Crippen LogP contribution is 2.29. The molecule has 0 radical (unpaired) electrons. The second kappa shape index (κ2) is 2.85. The number of aromatic nitrogens is 2. The van der Waals surface area contributed by atoms with Gasteiger partial charge in [-0.1, -0.05) is 0 Å². The van der Waals surface area contributed by atoms with E-state index in [2.05, 4.69) is 10.2 Å². The van der Waals surface area contributed by atoms with Crippen LogP contribution in [0.3, 0.4) is 0 Å². The van der Waals surface area contributed by atoms with Crippen molar-refractivity contribution in [2.45, 2.75) is 6.92 Å². The molecule has 0 saturated carbocycles. The van der Waals surface area contributed by atoms with E-state index in [0.29, 0.717) is 5.69 Å². The Kier molecular flexibility index (Phi) is 1.81. The molecule has 0 spiro atoms. The minimum Gasteiger partial charge on any atom is -0.380 e. The van der Waals surface area contributed by atoms with Gasteiger partial charge in [0.15, 0.2) is 11.6 Å². The van der Waals surface area contributed by atoms with Crippen LogP contribution in [-0.2, 0) is 0 Å². The maximum atomic E-state index is 13.2. The van der Waals surface area contributed by atoms with Crippen LogP contribution < -0.4 is 5.73 Å². The molecule has 3 N–H and O–H groups in total. The highest BCUT2D eigenvalue weighted by atomic mass is 32.1. The average molecular weight is 197 g/mol. The summed E-state index contributed by atoms with van der Waals surface area (Å²) in [5.41, 5.74) is 5.64. The number of nitrogens with zero attached hydrogens (tertiary/aromatic N) is 1. The molecule has 2 rings (SSSR count). The Morgan fingerprint density at radius 2 is 2.31 bits per heavy atom. The predicted octanol–water partition coefficient (Wildman–Crippen LogP) is 2.17. The summed E-state index contributed by atoms with van der Waals surface area (Å²) in [6.45, 7) is 1.96. The maximum absolute atomic E-state index is 13.2. The van der Waals surface area contributed by atoms with Crippen molar-refractivity contribution in [2.24, 2.45) is 0 Å². The number of nitrogens with two attached hydrogens (primary N) is 1. The van der Waals surface area contributed by atoms with Gasteiger partial charge in [0.25, 0.3) is 0 Å². The third-order valence-corrected chi connectivity index (χ3v) is 2.74. The Hall–Kier alpha value is -1.36. The Morgan fingerprint density at radius 1 is 1.54 bits per heavy atom. The summed E-state index contributed by atoms with van der Waals surface area (Å²) in [4.78, 5) is 1.95. The van der Waals surface area contributed by atoms with Gasteiger partial charge in [-0.05, 0) is 19.1 Å². The summed E-state index contributed by atoms with van der Waals surface area (Å²) in [6, 6.07) is 3.77. The van der Waals surface area contributed by atoms with Crippen molar-refractivity contribution >= 4 is 17.2 Å². The van der Waals surface area contributed by atoms with Crippen molar-refractivity contribution in [3.63, 3.8) is 0 Å². The quantitative estimate of drug-likeness (QED) is 0.736. The number of hydrogen-bond acceptors (Lipinski definition) is 3. The second-order valence-corrected chi connectivity index (χ2v) is 4.00. The molecule has 0 amide bonds. The molecule has 0 aliphatic rings. The fourth-order valence-electron chi connectivity index (χ4n) is 1.07. The van der Waals surface area contributed by atoms with E-state index in [4.69, 9.17) is 5.73 Å². The van der Waals surface area contributed by atoms with Crippen LogP contribution in [0.5, 0.6) is 0 Å². The molecule has 0 aliphatic carbocycles. The summed E-state index contributed by atoms with van der Waals surface area (Å²) in [6.07, 6.45) is 0. The SMILES string of the molecule is Cc1ccc(-c2[nH]nc(N)c2F)s1. The molecule has 5 heteroatoms. The van der Waals surface area contributed by atoms with Crippen LogP contribution in [0.15, 0.2) is 12.1 Å². The third-order valence-electron chi connectivity index (χ3n) is 1.72. The number of anilines is 1. The summed E-state index contributed by atoms with van der Waals surface area (Å²) < 4.78 is 13.2. The molecule has 0 saturated heterocycles. The highest BCUT2D eigenvalue weighted by Gasteiger charge is 2.12. The monoisotopic (exact) mass is 197 g/mol.